The predicted octanol–water partition coefficient (Wildman–Crippen LogP) is 1.94. The van der Waals surface area contributed by atoms with Crippen LogP contribution < -0.4 is 10.4 Å². The van der Waals surface area contributed by atoms with E-state index in [0.29, 0.717) is 24.4 Å². The summed E-state index contributed by atoms with van der Waals surface area (Å²) in [5.74, 6) is 0.632. The molecule has 0 fully saturated rings. The van der Waals surface area contributed by atoms with Crippen molar-refractivity contribution in [3.8, 4) is 5.75 Å². The third-order valence-electron chi connectivity index (χ3n) is 2.40. The Balaban J connectivity index is 2.16. The highest BCUT2D eigenvalue weighted by Gasteiger charge is 2.01. The lowest BCUT2D eigenvalue weighted by atomic mass is 10.2. The molecule has 0 unspecified atom stereocenters. The monoisotopic (exact) mass is 234 g/mol. The molecule has 17 heavy (non-hydrogen) atoms. The van der Waals surface area contributed by atoms with Crippen molar-refractivity contribution in [3.63, 3.8) is 0 Å². The first-order chi connectivity index (χ1) is 8.15. The molecule has 4 heteroatoms. The van der Waals surface area contributed by atoms with Crippen LogP contribution in [0.4, 0.5) is 0 Å². The Hall–Kier alpha value is -1.81. The lowest BCUT2D eigenvalue weighted by Crippen LogP contribution is -2.07. The van der Waals surface area contributed by atoms with Crippen LogP contribution in [-0.4, -0.2) is 17.8 Å². The Morgan fingerprint density at radius 1 is 1.35 bits per heavy atom. The minimum absolute atomic E-state index is 0.376. The first-order valence-electron chi connectivity index (χ1n) is 5.50. The molecule has 0 aliphatic carbocycles. The molecule has 0 aliphatic rings. The van der Waals surface area contributed by atoms with E-state index in [9.17, 15) is 4.79 Å². The van der Waals surface area contributed by atoms with Crippen LogP contribution in [0.2, 0.25) is 0 Å². The summed E-state index contributed by atoms with van der Waals surface area (Å²) >= 11 is 0. The number of ether oxygens (including phenoxy) is 1. The van der Waals surface area contributed by atoms with Crippen molar-refractivity contribution in [1.29, 1.82) is 0 Å². The van der Waals surface area contributed by atoms with Crippen LogP contribution in [0.15, 0.2) is 39.5 Å². The van der Waals surface area contributed by atoms with Crippen molar-refractivity contribution >= 4 is 11.0 Å². The van der Waals surface area contributed by atoms with Gasteiger partial charge >= 0.3 is 5.63 Å². The molecule has 0 aliphatic heterocycles. The Morgan fingerprint density at radius 3 is 2.88 bits per heavy atom. The zero-order valence-electron chi connectivity index (χ0n) is 9.55. The Labute approximate surface area is 98.4 Å². The number of aliphatic hydroxyl groups is 1. The van der Waals surface area contributed by atoms with Crippen LogP contribution >= 0.6 is 0 Å². The van der Waals surface area contributed by atoms with Crippen LogP contribution in [-0.2, 0) is 0 Å². The van der Waals surface area contributed by atoms with Crippen molar-refractivity contribution in [2.45, 2.75) is 19.4 Å². The van der Waals surface area contributed by atoms with E-state index >= 15 is 0 Å². The second-order valence-corrected chi connectivity index (χ2v) is 3.94. The van der Waals surface area contributed by atoms with Crippen LogP contribution in [0, 0.1) is 0 Å². The van der Waals surface area contributed by atoms with E-state index in [0.717, 1.165) is 5.39 Å². The average Bonchev–Trinajstić information content (AvgIpc) is 2.28. The third kappa shape index (κ3) is 3.07. The average molecular weight is 234 g/mol. The predicted molar refractivity (Wildman–Crippen MR) is 64.3 cm³/mol. The van der Waals surface area contributed by atoms with Crippen LogP contribution in [0.3, 0.4) is 0 Å². The summed E-state index contributed by atoms with van der Waals surface area (Å²) in [7, 11) is 0. The number of hydrogen-bond acceptors (Lipinski definition) is 4. The van der Waals surface area contributed by atoms with Crippen molar-refractivity contribution < 1.29 is 14.3 Å². The molecule has 0 saturated carbocycles. The second-order valence-electron chi connectivity index (χ2n) is 3.94. The minimum Gasteiger partial charge on any atom is -0.493 e. The van der Waals surface area contributed by atoms with E-state index in [2.05, 4.69) is 0 Å². The van der Waals surface area contributed by atoms with E-state index in [-0.39, 0.29) is 11.7 Å². The highest BCUT2D eigenvalue weighted by atomic mass is 16.5. The molecule has 1 atom stereocenters. The summed E-state index contributed by atoms with van der Waals surface area (Å²) < 4.78 is 10.5. The fraction of sp³-hybridized carbons (Fsp3) is 0.308. The van der Waals surface area contributed by atoms with E-state index in [1.807, 2.05) is 12.1 Å². The first-order valence-corrected chi connectivity index (χ1v) is 5.50. The van der Waals surface area contributed by atoms with Crippen molar-refractivity contribution in [1.82, 2.24) is 0 Å². The SMILES string of the molecule is C[C@@H](O)CCOc1ccc2ccc(=O)oc2c1. The summed E-state index contributed by atoms with van der Waals surface area (Å²) in [5, 5.41) is 9.95. The molecule has 0 spiro atoms. The van der Waals surface area contributed by atoms with Gasteiger partial charge in [0.25, 0.3) is 0 Å². The third-order valence-corrected chi connectivity index (χ3v) is 2.40. The summed E-state index contributed by atoms with van der Waals surface area (Å²) in [6, 6.07) is 8.41. The summed E-state index contributed by atoms with van der Waals surface area (Å²) in [6.45, 7) is 2.14. The molecule has 1 aromatic carbocycles. The largest absolute Gasteiger partial charge is 0.493 e. The van der Waals surface area contributed by atoms with Crippen LogP contribution in [0.5, 0.6) is 5.75 Å². The fourth-order valence-electron chi connectivity index (χ4n) is 1.48. The van der Waals surface area contributed by atoms with E-state index < -0.39 is 0 Å². The smallest absolute Gasteiger partial charge is 0.336 e. The fourth-order valence-corrected chi connectivity index (χ4v) is 1.48. The van der Waals surface area contributed by atoms with E-state index in [1.165, 1.54) is 6.07 Å². The van der Waals surface area contributed by atoms with Gasteiger partial charge < -0.3 is 14.3 Å². The van der Waals surface area contributed by atoms with E-state index in [4.69, 9.17) is 14.3 Å². The molecule has 1 heterocycles. The molecule has 2 rings (SSSR count). The van der Waals surface area contributed by atoms with Gasteiger partial charge in [-0.05, 0) is 25.1 Å². The van der Waals surface area contributed by atoms with Gasteiger partial charge in [-0.25, -0.2) is 4.79 Å². The highest BCUT2D eigenvalue weighted by molar-refractivity contribution is 5.77. The van der Waals surface area contributed by atoms with Gasteiger partial charge in [-0.2, -0.15) is 0 Å². The van der Waals surface area contributed by atoms with Crippen LogP contribution in [0.25, 0.3) is 11.0 Å². The summed E-state index contributed by atoms with van der Waals surface area (Å²) in [4.78, 5) is 11.1. The van der Waals surface area contributed by atoms with E-state index in [1.54, 1.807) is 19.1 Å². The topological polar surface area (TPSA) is 59.7 Å². The summed E-state index contributed by atoms with van der Waals surface area (Å²) in [5.41, 5.74) is 0.130. The zero-order chi connectivity index (χ0) is 12.3. The summed E-state index contributed by atoms with van der Waals surface area (Å²) in [6.07, 6.45) is 0.185. The van der Waals surface area contributed by atoms with Gasteiger partial charge in [-0.1, -0.05) is 0 Å². The van der Waals surface area contributed by atoms with Gasteiger partial charge in [0.1, 0.15) is 11.3 Å². The molecule has 2 aromatic rings. The first kappa shape index (κ1) is 11.7. The maximum Gasteiger partial charge on any atom is 0.336 e. The molecule has 4 nitrogen and oxygen atoms in total. The molecule has 1 N–H and O–H groups in total. The standard InChI is InChI=1S/C13H14O4/c1-9(14)6-7-16-11-4-2-10-3-5-13(15)17-12(10)8-11/h2-5,8-9,14H,6-7H2,1H3/t9-/m1/s1. The minimum atomic E-state index is -0.381. The molecular formula is C13H14O4. The number of hydrogen-bond donors (Lipinski definition) is 1. The number of aliphatic hydroxyl groups excluding tert-OH is 1. The molecule has 0 amide bonds. The second kappa shape index (κ2) is 5.01. The molecule has 1 aromatic heterocycles. The van der Waals surface area contributed by atoms with Gasteiger partial charge in [-0.3, -0.25) is 0 Å². The molecule has 0 bridgehead atoms. The maximum absolute atomic E-state index is 11.1. The van der Waals surface area contributed by atoms with Crippen molar-refractivity contribution in [3.05, 3.63) is 40.8 Å². The zero-order valence-corrected chi connectivity index (χ0v) is 9.55. The molecule has 0 saturated heterocycles. The quantitative estimate of drug-likeness (QED) is 0.821. The number of benzene rings is 1. The normalized spacial score (nSPS) is 12.6. The van der Waals surface area contributed by atoms with Gasteiger partial charge in [0.05, 0.1) is 12.7 Å². The Bertz CT molecular complexity index is 557. The van der Waals surface area contributed by atoms with Gasteiger partial charge in [0.15, 0.2) is 0 Å². The number of fused-ring (bicyclic) bond motifs is 1. The Kier molecular flexibility index (Phi) is 3.44. The molecular weight excluding hydrogens is 220 g/mol. The maximum atomic E-state index is 11.1. The molecule has 90 valence electrons. The van der Waals surface area contributed by atoms with Gasteiger partial charge in [-0.15, -0.1) is 0 Å². The van der Waals surface area contributed by atoms with Gasteiger partial charge in [0, 0.05) is 23.9 Å². The van der Waals surface area contributed by atoms with Gasteiger partial charge in [0.2, 0.25) is 0 Å². The lowest BCUT2D eigenvalue weighted by Gasteiger charge is -2.07. The highest BCUT2D eigenvalue weighted by Crippen LogP contribution is 2.19. The van der Waals surface area contributed by atoms with Crippen molar-refractivity contribution in [2.24, 2.45) is 0 Å². The van der Waals surface area contributed by atoms with Crippen LogP contribution in [0.1, 0.15) is 13.3 Å². The number of rotatable bonds is 4. The molecule has 0 radical (unpaired) electrons. The Morgan fingerprint density at radius 2 is 2.12 bits per heavy atom. The van der Waals surface area contributed by atoms with Crippen molar-refractivity contribution in [2.75, 3.05) is 6.61 Å². The lowest BCUT2D eigenvalue weighted by molar-refractivity contribution is 0.155.